The van der Waals surface area contributed by atoms with Crippen molar-refractivity contribution in [3.8, 4) is 12.3 Å². The van der Waals surface area contributed by atoms with E-state index in [-0.39, 0.29) is 0 Å². The average molecular weight is 123 g/mol. The summed E-state index contributed by atoms with van der Waals surface area (Å²) in [6.45, 7) is 3.21. The number of hydrogen-bond donors (Lipinski definition) is 1. The first-order valence-electron chi connectivity index (χ1n) is 3.52. The highest BCUT2D eigenvalue weighted by molar-refractivity contribution is 4.96. The number of rotatable bonds is 0. The molecule has 1 heteroatoms. The van der Waals surface area contributed by atoms with E-state index < -0.39 is 0 Å². The molecule has 1 aliphatic heterocycles. The molecule has 1 fully saturated rings. The van der Waals surface area contributed by atoms with Crippen molar-refractivity contribution in [2.24, 2.45) is 5.92 Å². The highest BCUT2D eigenvalue weighted by atomic mass is 14.9. The van der Waals surface area contributed by atoms with Crippen LogP contribution in [0.5, 0.6) is 0 Å². The zero-order valence-corrected chi connectivity index (χ0v) is 5.85. The summed E-state index contributed by atoms with van der Waals surface area (Å²) in [5, 5.41) is 3.34. The van der Waals surface area contributed by atoms with Gasteiger partial charge in [-0.25, -0.2) is 0 Å². The smallest absolute Gasteiger partial charge is 0.0325 e. The normalized spacial score (nSPS) is 35.6. The molecule has 2 atom stereocenters. The van der Waals surface area contributed by atoms with Crippen LogP contribution in [0.1, 0.15) is 19.8 Å². The number of hydrogen-bond acceptors (Lipinski definition) is 1. The van der Waals surface area contributed by atoms with Gasteiger partial charge in [-0.2, -0.15) is 0 Å². The number of piperidine rings is 1. The van der Waals surface area contributed by atoms with Gasteiger partial charge in [-0.1, -0.05) is 0 Å². The van der Waals surface area contributed by atoms with E-state index >= 15 is 0 Å². The fourth-order valence-corrected chi connectivity index (χ4v) is 1.14. The van der Waals surface area contributed by atoms with Gasteiger partial charge in [-0.05, 0) is 19.8 Å². The van der Waals surface area contributed by atoms with Crippen LogP contribution in [0.3, 0.4) is 0 Å². The Labute approximate surface area is 56.8 Å². The Balaban J connectivity index is 2.28. The van der Waals surface area contributed by atoms with Crippen molar-refractivity contribution in [3.63, 3.8) is 0 Å². The van der Waals surface area contributed by atoms with E-state index in [4.69, 9.17) is 6.42 Å². The molecule has 0 saturated carbocycles. The van der Waals surface area contributed by atoms with Gasteiger partial charge < -0.3 is 5.32 Å². The van der Waals surface area contributed by atoms with Gasteiger partial charge in [0.15, 0.2) is 0 Å². The zero-order chi connectivity index (χ0) is 6.69. The van der Waals surface area contributed by atoms with Crippen molar-refractivity contribution >= 4 is 0 Å². The minimum Gasteiger partial charge on any atom is -0.313 e. The predicted molar refractivity (Wildman–Crippen MR) is 39.0 cm³/mol. The first kappa shape index (κ1) is 6.64. The largest absolute Gasteiger partial charge is 0.313 e. The maximum absolute atomic E-state index is 5.26. The molecule has 0 aromatic carbocycles. The second kappa shape index (κ2) is 2.89. The molecule has 1 rings (SSSR count). The Morgan fingerprint density at radius 2 is 2.33 bits per heavy atom. The lowest BCUT2D eigenvalue weighted by atomic mass is 9.96. The molecule has 0 aromatic rings. The van der Waals surface area contributed by atoms with Crippen molar-refractivity contribution in [1.82, 2.24) is 5.32 Å². The third-order valence-corrected chi connectivity index (χ3v) is 1.90. The monoisotopic (exact) mass is 123 g/mol. The summed E-state index contributed by atoms with van der Waals surface area (Å²) < 4.78 is 0. The molecule has 0 amide bonds. The number of nitrogens with one attached hydrogen (secondary N) is 1. The quantitative estimate of drug-likeness (QED) is 0.474. The maximum atomic E-state index is 5.26. The third-order valence-electron chi connectivity index (χ3n) is 1.90. The van der Waals surface area contributed by atoms with Crippen LogP contribution >= 0.6 is 0 Å². The zero-order valence-electron chi connectivity index (χ0n) is 5.85. The number of terminal acetylenes is 1. The van der Waals surface area contributed by atoms with E-state index in [1.54, 1.807) is 0 Å². The van der Waals surface area contributed by atoms with E-state index in [2.05, 4.69) is 18.2 Å². The lowest BCUT2D eigenvalue weighted by molar-refractivity contribution is 0.375. The van der Waals surface area contributed by atoms with Crippen molar-refractivity contribution in [3.05, 3.63) is 0 Å². The van der Waals surface area contributed by atoms with E-state index in [0.717, 1.165) is 6.54 Å². The van der Waals surface area contributed by atoms with E-state index in [0.29, 0.717) is 12.0 Å². The van der Waals surface area contributed by atoms with Gasteiger partial charge in [0, 0.05) is 18.5 Å². The van der Waals surface area contributed by atoms with Gasteiger partial charge in [-0.15, -0.1) is 12.3 Å². The van der Waals surface area contributed by atoms with E-state index in [1.165, 1.54) is 12.8 Å². The summed E-state index contributed by atoms with van der Waals surface area (Å²) in [6.07, 6.45) is 7.69. The molecule has 9 heavy (non-hydrogen) atoms. The molecule has 1 aliphatic rings. The molecule has 0 radical (unpaired) electrons. The second-order valence-corrected chi connectivity index (χ2v) is 2.75. The highest BCUT2D eigenvalue weighted by Crippen LogP contribution is 2.11. The molecule has 1 nitrogen and oxygen atoms in total. The molecule has 1 saturated heterocycles. The van der Waals surface area contributed by atoms with Crippen LogP contribution in [0.25, 0.3) is 0 Å². The lowest BCUT2D eigenvalue weighted by Crippen LogP contribution is -2.36. The minimum atomic E-state index is 0.487. The Morgan fingerprint density at radius 1 is 1.56 bits per heavy atom. The van der Waals surface area contributed by atoms with Gasteiger partial charge in [-0.3, -0.25) is 0 Å². The van der Waals surface area contributed by atoms with Crippen LogP contribution in [-0.2, 0) is 0 Å². The van der Waals surface area contributed by atoms with Crippen LogP contribution < -0.4 is 5.32 Å². The van der Waals surface area contributed by atoms with Crippen LogP contribution in [0.15, 0.2) is 0 Å². The fraction of sp³-hybridized carbons (Fsp3) is 0.750. The average Bonchev–Trinajstić information content (AvgIpc) is 1.90. The standard InChI is InChI=1S/C8H13N/c1-3-8-5-4-7(2)9-6-8/h1,7-9H,4-6H2,2H3/t7-,8+/m0/s1. The van der Waals surface area contributed by atoms with Crippen molar-refractivity contribution in [1.29, 1.82) is 0 Å². The molecule has 1 heterocycles. The molecule has 50 valence electrons. The Kier molecular flexibility index (Phi) is 2.13. The van der Waals surface area contributed by atoms with Gasteiger partial charge in [0.2, 0.25) is 0 Å². The Bertz CT molecular complexity index is 115. The van der Waals surface area contributed by atoms with Gasteiger partial charge in [0.1, 0.15) is 0 Å². The van der Waals surface area contributed by atoms with Gasteiger partial charge in [0.05, 0.1) is 0 Å². The molecule has 0 aliphatic carbocycles. The topological polar surface area (TPSA) is 12.0 Å². The summed E-state index contributed by atoms with van der Waals surface area (Å²) in [4.78, 5) is 0. The maximum Gasteiger partial charge on any atom is 0.0325 e. The fourth-order valence-electron chi connectivity index (χ4n) is 1.14. The van der Waals surface area contributed by atoms with Gasteiger partial charge in [0.25, 0.3) is 0 Å². The minimum absolute atomic E-state index is 0.487. The molecular formula is C8H13N. The SMILES string of the molecule is C#C[C@@H]1CC[C@H](C)NC1. The lowest BCUT2D eigenvalue weighted by Gasteiger charge is -2.23. The molecule has 0 bridgehead atoms. The van der Waals surface area contributed by atoms with E-state index in [1.807, 2.05) is 0 Å². The van der Waals surface area contributed by atoms with Crippen LogP contribution in [0.4, 0.5) is 0 Å². The molecule has 0 unspecified atom stereocenters. The first-order valence-corrected chi connectivity index (χ1v) is 3.52. The second-order valence-electron chi connectivity index (χ2n) is 2.75. The first-order chi connectivity index (χ1) is 4.33. The van der Waals surface area contributed by atoms with Crippen molar-refractivity contribution in [2.75, 3.05) is 6.54 Å². The summed E-state index contributed by atoms with van der Waals surface area (Å²) in [5.74, 6) is 3.25. The Hall–Kier alpha value is -0.480. The molecule has 1 N–H and O–H groups in total. The molecule has 0 spiro atoms. The molecule has 0 aromatic heterocycles. The predicted octanol–water partition coefficient (Wildman–Crippen LogP) is 1.01. The van der Waals surface area contributed by atoms with Crippen molar-refractivity contribution in [2.45, 2.75) is 25.8 Å². The summed E-state index contributed by atoms with van der Waals surface area (Å²) >= 11 is 0. The Morgan fingerprint density at radius 3 is 2.78 bits per heavy atom. The molecular weight excluding hydrogens is 110 g/mol. The van der Waals surface area contributed by atoms with Crippen molar-refractivity contribution < 1.29 is 0 Å². The summed E-state index contributed by atoms with van der Waals surface area (Å²) in [5.41, 5.74) is 0. The summed E-state index contributed by atoms with van der Waals surface area (Å²) in [6, 6.07) is 0.676. The van der Waals surface area contributed by atoms with Crippen LogP contribution in [0.2, 0.25) is 0 Å². The summed E-state index contributed by atoms with van der Waals surface area (Å²) in [7, 11) is 0. The highest BCUT2D eigenvalue weighted by Gasteiger charge is 2.14. The van der Waals surface area contributed by atoms with Crippen LogP contribution in [-0.4, -0.2) is 12.6 Å². The van der Waals surface area contributed by atoms with E-state index in [9.17, 15) is 0 Å². The third kappa shape index (κ3) is 1.73. The van der Waals surface area contributed by atoms with Crippen LogP contribution in [0, 0.1) is 18.3 Å². The van der Waals surface area contributed by atoms with Gasteiger partial charge >= 0.3 is 0 Å².